The van der Waals surface area contributed by atoms with E-state index in [0.29, 0.717) is 6.04 Å². The van der Waals surface area contributed by atoms with E-state index in [-0.39, 0.29) is 24.0 Å². The molecule has 3 rings (SSSR count). The first-order valence-electron chi connectivity index (χ1n) is 11.6. The van der Waals surface area contributed by atoms with Crippen molar-refractivity contribution in [3.8, 4) is 0 Å². The first-order valence-corrected chi connectivity index (χ1v) is 11.6. The van der Waals surface area contributed by atoms with Gasteiger partial charge in [0.05, 0.1) is 6.61 Å². The van der Waals surface area contributed by atoms with Crippen molar-refractivity contribution in [3.63, 3.8) is 0 Å². The predicted molar refractivity (Wildman–Crippen MR) is 129 cm³/mol. The average Bonchev–Trinajstić information content (AvgIpc) is 3.17. The van der Waals surface area contributed by atoms with Gasteiger partial charge in [-0.25, -0.2) is 0 Å². The van der Waals surface area contributed by atoms with Gasteiger partial charge in [0.15, 0.2) is 5.96 Å². The maximum Gasteiger partial charge on any atom is 0.191 e. The molecule has 0 bridgehead atoms. The van der Waals surface area contributed by atoms with Crippen LogP contribution in [0.15, 0.2) is 4.99 Å². The van der Waals surface area contributed by atoms with E-state index in [1.807, 2.05) is 0 Å². The summed E-state index contributed by atoms with van der Waals surface area (Å²) < 4.78 is 5.52. The molecule has 1 saturated carbocycles. The Morgan fingerprint density at radius 2 is 1.93 bits per heavy atom. The van der Waals surface area contributed by atoms with Crippen LogP contribution in [0, 0.1) is 17.8 Å². The Hall–Kier alpha value is -0.0800. The van der Waals surface area contributed by atoms with Gasteiger partial charge in [-0.05, 0) is 56.8 Å². The Morgan fingerprint density at radius 1 is 1.11 bits per heavy atom. The topological polar surface area (TPSA) is 48.9 Å². The van der Waals surface area contributed by atoms with Crippen molar-refractivity contribution in [3.05, 3.63) is 0 Å². The van der Waals surface area contributed by atoms with Crippen molar-refractivity contribution >= 4 is 29.9 Å². The minimum absolute atomic E-state index is 0. The Bertz CT molecular complexity index is 448. The molecule has 3 fully saturated rings. The molecule has 3 unspecified atom stereocenters. The van der Waals surface area contributed by atoms with Gasteiger partial charge >= 0.3 is 0 Å². The van der Waals surface area contributed by atoms with Gasteiger partial charge in [-0.3, -0.25) is 4.99 Å². The summed E-state index contributed by atoms with van der Waals surface area (Å²) in [7, 11) is 0. The molecule has 5 nitrogen and oxygen atoms in total. The third kappa shape index (κ3) is 8.34. The number of ether oxygens (including phenoxy) is 1. The van der Waals surface area contributed by atoms with Crippen molar-refractivity contribution in [1.82, 2.24) is 15.5 Å². The normalized spacial score (nSPS) is 30.1. The van der Waals surface area contributed by atoms with Gasteiger partial charge in [-0.2, -0.15) is 0 Å². The highest BCUT2D eigenvalue weighted by molar-refractivity contribution is 14.0. The Kier molecular flexibility index (Phi) is 11.5. The number of halogens is 1. The number of guanidine groups is 1. The summed E-state index contributed by atoms with van der Waals surface area (Å²) in [4.78, 5) is 7.52. The van der Waals surface area contributed by atoms with Crippen molar-refractivity contribution in [1.29, 1.82) is 0 Å². The van der Waals surface area contributed by atoms with Crippen LogP contribution in [0.1, 0.15) is 65.2 Å². The summed E-state index contributed by atoms with van der Waals surface area (Å²) in [5.74, 6) is 3.60. The highest BCUT2D eigenvalue weighted by atomic mass is 127. The molecule has 6 heteroatoms. The highest BCUT2D eigenvalue weighted by Crippen LogP contribution is 2.30. The zero-order valence-electron chi connectivity index (χ0n) is 18.1. The van der Waals surface area contributed by atoms with E-state index in [9.17, 15) is 0 Å². The SMILES string of the molecule is CCNC(=NCCC1CCCC(C)C1)NC1CCN(CC2CCOC2)CC1.I. The van der Waals surface area contributed by atoms with Gasteiger partial charge in [0.1, 0.15) is 0 Å². The van der Waals surface area contributed by atoms with Crippen LogP contribution in [0.5, 0.6) is 0 Å². The second-order valence-electron chi connectivity index (χ2n) is 9.14. The molecule has 2 heterocycles. The highest BCUT2D eigenvalue weighted by Gasteiger charge is 2.24. The standard InChI is InChI=1S/C22H42N4O.HI/c1-3-23-22(24-11-7-19-6-4-5-18(2)15-19)25-21-8-12-26(13-9-21)16-20-10-14-27-17-20;/h18-21H,3-17H2,1-2H3,(H2,23,24,25);1H. The smallest absolute Gasteiger partial charge is 0.191 e. The molecule has 0 amide bonds. The van der Waals surface area contributed by atoms with E-state index < -0.39 is 0 Å². The van der Waals surface area contributed by atoms with Crippen LogP contribution in [-0.2, 0) is 4.74 Å². The molecule has 1 aliphatic carbocycles. The molecule has 2 aliphatic heterocycles. The first kappa shape index (κ1) is 24.2. The van der Waals surface area contributed by atoms with E-state index in [1.165, 1.54) is 71.0 Å². The minimum Gasteiger partial charge on any atom is -0.381 e. The Balaban J connectivity index is 0.00000280. The molecule has 3 atom stereocenters. The lowest BCUT2D eigenvalue weighted by molar-refractivity contribution is 0.150. The molecule has 2 saturated heterocycles. The van der Waals surface area contributed by atoms with Crippen molar-refractivity contribution in [2.75, 3.05) is 45.9 Å². The van der Waals surface area contributed by atoms with Crippen molar-refractivity contribution in [2.24, 2.45) is 22.7 Å². The summed E-state index contributed by atoms with van der Waals surface area (Å²) >= 11 is 0. The second-order valence-corrected chi connectivity index (χ2v) is 9.14. The van der Waals surface area contributed by atoms with Crippen LogP contribution >= 0.6 is 24.0 Å². The van der Waals surface area contributed by atoms with Gasteiger partial charge in [-0.15, -0.1) is 24.0 Å². The van der Waals surface area contributed by atoms with Crippen LogP contribution in [0.4, 0.5) is 0 Å². The first-order chi connectivity index (χ1) is 13.2. The predicted octanol–water partition coefficient (Wildman–Crippen LogP) is 3.88. The third-order valence-corrected chi connectivity index (χ3v) is 6.67. The number of hydrogen-bond donors (Lipinski definition) is 2. The molecule has 28 heavy (non-hydrogen) atoms. The van der Waals surface area contributed by atoms with E-state index in [0.717, 1.165) is 50.0 Å². The summed E-state index contributed by atoms with van der Waals surface area (Å²) in [6.07, 6.45) is 10.6. The lowest BCUT2D eigenvalue weighted by atomic mass is 9.81. The van der Waals surface area contributed by atoms with E-state index in [1.54, 1.807) is 0 Å². The summed E-state index contributed by atoms with van der Waals surface area (Å²) in [5.41, 5.74) is 0. The second kappa shape index (κ2) is 13.3. The van der Waals surface area contributed by atoms with Crippen LogP contribution in [0.25, 0.3) is 0 Å². The van der Waals surface area contributed by atoms with Crippen LogP contribution in [-0.4, -0.2) is 62.8 Å². The van der Waals surface area contributed by atoms with E-state index in [2.05, 4.69) is 29.4 Å². The number of nitrogens with zero attached hydrogens (tertiary/aromatic N) is 2. The number of hydrogen-bond acceptors (Lipinski definition) is 3. The van der Waals surface area contributed by atoms with Gasteiger partial charge in [0.25, 0.3) is 0 Å². The van der Waals surface area contributed by atoms with Crippen molar-refractivity contribution < 1.29 is 4.74 Å². The molecule has 164 valence electrons. The summed E-state index contributed by atoms with van der Waals surface area (Å²) in [6, 6.07) is 0.564. The largest absolute Gasteiger partial charge is 0.381 e. The molecule has 0 spiro atoms. The zero-order valence-corrected chi connectivity index (χ0v) is 20.5. The molecule has 0 aromatic rings. The molecule has 0 aromatic heterocycles. The van der Waals surface area contributed by atoms with Crippen molar-refractivity contribution in [2.45, 2.75) is 71.3 Å². The molecular formula is C22H43IN4O. The average molecular weight is 507 g/mol. The number of rotatable bonds is 7. The number of likely N-dealkylation sites (tertiary alicyclic amines) is 1. The van der Waals surface area contributed by atoms with Crippen LogP contribution in [0.3, 0.4) is 0 Å². The van der Waals surface area contributed by atoms with Crippen LogP contribution in [0.2, 0.25) is 0 Å². The van der Waals surface area contributed by atoms with E-state index >= 15 is 0 Å². The molecule has 3 aliphatic rings. The quantitative estimate of drug-likeness (QED) is 0.313. The number of nitrogens with one attached hydrogen (secondary N) is 2. The summed E-state index contributed by atoms with van der Waals surface area (Å²) in [5, 5.41) is 7.16. The lowest BCUT2D eigenvalue weighted by Crippen LogP contribution is -2.49. The van der Waals surface area contributed by atoms with Gasteiger partial charge < -0.3 is 20.3 Å². The monoisotopic (exact) mass is 506 g/mol. The fourth-order valence-electron chi connectivity index (χ4n) is 5.05. The zero-order chi connectivity index (χ0) is 18.9. The van der Waals surface area contributed by atoms with Gasteiger partial charge in [0, 0.05) is 45.4 Å². The fraction of sp³-hybridized carbons (Fsp3) is 0.955. The maximum absolute atomic E-state index is 5.52. The van der Waals surface area contributed by atoms with E-state index in [4.69, 9.17) is 9.73 Å². The summed E-state index contributed by atoms with van der Waals surface area (Å²) in [6.45, 7) is 12.0. The molecule has 0 radical (unpaired) electrons. The number of aliphatic imine (C=N–C) groups is 1. The Labute approximate surface area is 189 Å². The lowest BCUT2D eigenvalue weighted by Gasteiger charge is -2.34. The fourth-order valence-corrected chi connectivity index (χ4v) is 5.05. The third-order valence-electron chi connectivity index (χ3n) is 6.67. The Morgan fingerprint density at radius 3 is 2.61 bits per heavy atom. The van der Waals surface area contributed by atoms with Gasteiger partial charge in [-0.1, -0.05) is 26.2 Å². The van der Waals surface area contributed by atoms with Gasteiger partial charge in [0.2, 0.25) is 0 Å². The molecule has 2 N–H and O–H groups in total. The molecule has 0 aromatic carbocycles. The maximum atomic E-state index is 5.52. The van der Waals surface area contributed by atoms with Crippen LogP contribution < -0.4 is 10.6 Å². The molecular weight excluding hydrogens is 463 g/mol. The minimum atomic E-state index is 0. The number of piperidine rings is 1.